The van der Waals surface area contributed by atoms with Gasteiger partial charge in [-0.3, -0.25) is 0 Å². The summed E-state index contributed by atoms with van der Waals surface area (Å²) >= 11 is 0. The number of hydrogen-bond donors (Lipinski definition) is 1. The molecule has 1 aromatic rings. The minimum atomic E-state index is 0.613. The van der Waals surface area contributed by atoms with Gasteiger partial charge in [-0.05, 0) is 19.4 Å². The summed E-state index contributed by atoms with van der Waals surface area (Å²) in [6.45, 7) is 15.0. The van der Waals surface area contributed by atoms with Crippen LogP contribution in [0.3, 0.4) is 0 Å². The van der Waals surface area contributed by atoms with Crippen LogP contribution in [0.2, 0.25) is 0 Å². The van der Waals surface area contributed by atoms with Gasteiger partial charge in [-0.1, -0.05) is 20.8 Å². The number of piperazine rings is 1. The Morgan fingerprint density at radius 2 is 1.90 bits per heavy atom. The van der Waals surface area contributed by atoms with Gasteiger partial charge in [-0.25, -0.2) is 4.98 Å². The average Bonchev–Trinajstić information content (AvgIpc) is 2.44. The summed E-state index contributed by atoms with van der Waals surface area (Å²) in [5.41, 5.74) is 1.03. The fraction of sp³-hybridized carbons (Fsp3) is 0.733. The first-order valence-corrected chi connectivity index (χ1v) is 7.65. The summed E-state index contributed by atoms with van der Waals surface area (Å²) in [4.78, 5) is 14.0. The molecule has 2 rings (SSSR count). The second kappa shape index (κ2) is 6.88. The highest BCUT2D eigenvalue weighted by molar-refractivity contribution is 5.44. The molecule has 1 aliphatic rings. The summed E-state index contributed by atoms with van der Waals surface area (Å²) < 4.78 is 0. The Morgan fingerprint density at radius 3 is 2.50 bits per heavy atom. The maximum atomic E-state index is 4.67. The SMILES string of the molecule is CCN1CCN(c2nc(C)cc(NCC(C)C)n2)CC1. The molecule has 5 nitrogen and oxygen atoms in total. The molecule has 20 heavy (non-hydrogen) atoms. The van der Waals surface area contributed by atoms with Crippen molar-refractivity contribution in [1.82, 2.24) is 14.9 Å². The Bertz CT molecular complexity index is 424. The summed E-state index contributed by atoms with van der Waals surface area (Å²) in [6.07, 6.45) is 0. The quantitative estimate of drug-likeness (QED) is 0.892. The van der Waals surface area contributed by atoms with Crippen LogP contribution in [0, 0.1) is 12.8 Å². The zero-order valence-electron chi connectivity index (χ0n) is 13.2. The van der Waals surface area contributed by atoms with E-state index in [1.165, 1.54) is 0 Å². The maximum Gasteiger partial charge on any atom is 0.227 e. The van der Waals surface area contributed by atoms with Gasteiger partial charge in [0.2, 0.25) is 5.95 Å². The first kappa shape index (κ1) is 15.0. The fourth-order valence-electron chi connectivity index (χ4n) is 2.36. The van der Waals surface area contributed by atoms with E-state index < -0.39 is 0 Å². The minimum absolute atomic E-state index is 0.613. The molecule has 1 aromatic heterocycles. The molecular weight excluding hydrogens is 250 g/mol. The fourth-order valence-corrected chi connectivity index (χ4v) is 2.36. The summed E-state index contributed by atoms with van der Waals surface area (Å²) in [7, 11) is 0. The van der Waals surface area contributed by atoms with E-state index in [9.17, 15) is 0 Å². The molecule has 0 unspecified atom stereocenters. The monoisotopic (exact) mass is 277 g/mol. The molecule has 112 valence electrons. The highest BCUT2D eigenvalue weighted by atomic mass is 15.3. The van der Waals surface area contributed by atoms with Gasteiger partial charge in [0.15, 0.2) is 0 Å². The van der Waals surface area contributed by atoms with E-state index >= 15 is 0 Å². The molecule has 1 aliphatic heterocycles. The van der Waals surface area contributed by atoms with Crippen molar-refractivity contribution >= 4 is 11.8 Å². The molecule has 0 saturated carbocycles. The Kier molecular flexibility index (Phi) is 5.17. The van der Waals surface area contributed by atoms with Crippen molar-refractivity contribution in [3.63, 3.8) is 0 Å². The number of nitrogens with zero attached hydrogens (tertiary/aromatic N) is 4. The number of hydrogen-bond acceptors (Lipinski definition) is 5. The highest BCUT2D eigenvalue weighted by Crippen LogP contribution is 2.16. The average molecular weight is 277 g/mol. The third-order valence-electron chi connectivity index (χ3n) is 3.64. The number of rotatable bonds is 5. The Hall–Kier alpha value is -1.36. The van der Waals surface area contributed by atoms with Crippen molar-refractivity contribution in [3.05, 3.63) is 11.8 Å². The lowest BCUT2D eigenvalue weighted by Crippen LogP contribution is -2.46. The van der Waals surface area contributed by atoms with E-state index in [4.69, 9.17) is 0 Å². The molecule has 0 atom stereocenters. The molecule has 0 radical (unpaired) electrons. The van der Waals surface area contributed by atoms with Crippen molar-refractivity contribution in [2.75, 3.05) is 49.5 Å². The Balaban J connectivity index is 2.04. The molecular formula is C15H27N5. The van der Waals surface area contributed by atoms with E-state index in [2.05, 4.69) is 45.9 Å². The molecule has 0 bridgehead atoms. The second-order valence-corrected chi connectivity index (χ2v) is 5.89. The van der Waals surface area contributed by atoms with Crippen LogP contribution >= 0.6 is 0 Å². The van der Waals surface area contributed by atoms with Gasteiger partial charge in [-0.15, -0.1) is 0 Å². The van der Waals surface area contributed by atoms with E-state index in [0.717, 1.165) is 56.7 Å². The summed E-state index contributed by atoms with van der Waals surface area (Å²) in [6, 6.07) is 2.02. The van der Waals surface area contributed by atoms with Crippen LogP contribution < -0.4 is 10.2 Å². The standard InChI is InChI=1S/C15H27N5/c1-5-19-6-8-20(9-7-19)15-17-13(4)10-14(18-15)16-11-12(2)3/h10,12H,5-9,11H2,1-4H3,(H,16,17,18). The predicted molar refractivity (Wildman–Crippen MR) is 84.4 cm³/mol. The third kappa shape index (κ3) is 4.07. The van der Waals surface area contributed by atoms with Crippen molar-refractivity contribution in [3.8, 4) is 0 Å². The smallest absolute Gasteiger partial charge is 0.227 e. The number of aryl methyl sites for hydroxylation is 1. The van der Waals surface area contributed by atoms with Gasteiger partial charge in [0.1, 0.15) is 5.82 Å². The van der Waals surface area contributed by atoms with Crippen molar-refractivity contribution in [1.29, 1.82) is 0 Å². The molecule has 0 aromatic carbocycles. The molecule has 1 N–H and O–H groups in total. The number of nitrogens with one attached hydrogen (secondary N) is 1. The van der Waals surface area contributed by atoms with E-state index in [-0.39, 0.29) is 0 Å². The highest BCUT2D eigenvalue weighted by Gasteiger charge is 2.18. The Morgan fingerprint density at radius 1 is 1.20 bits per heavy atom. The van der Waals surface area contributed by atoms with Crippen LogP contribution in [-0.4, -0.2) is 54.1 Å². The predicted octanol–water partition coefficient (Wildman–Crippen LogP) is 1.99. The van der Waals surface area contributed by atoms with Crippen LogP contribution in [-0.2, 0) is 0 Å². The van der Waals surface area contributed by atoms with Crippen LogP contribution in [0.15, 0.2) is 6.07 Å². The van der Waals surface area contributed by atoms with Crippen LogP contribution in [0.5, 0.6) is 0 Å². The van der Waals surface area contributed by atoms with Gasteiger partial charge >= 0.3 is 0 Å². The van der Waals surface area contributed by atoms with E-state index in [0.29, 0.717) is 5.92 Å². The first-order valence-electron chi connectivity index (χ1n) is 7.65. The second-order valence-electron chi connectivity index (χ2n) is 5.89. The van der Waals surface area contributed by atoms with Crippen LogP contribution in [0.4, 0.5) is 11.8 Å². The molecule has 1 saturated heterocycles. The largest absolute Gasteiger partial charge is 0.370 e. The van der Waals surface area contributed by atoms with Crippen molar-refractivity contribution < 1.29 is 0 Å². The lowest BCUT2D eigenvalue weighted by molar-refractivity contribution is 0.270. The molecule has 5 heteroatoms. The Labute approximate surface area is 122 Å². The number of aromatic nitrogens is 2. The zero-order valence-corrected chi connectivity index (χ0v) is 13.2. The van der Waals surface area contributed by atoms with E-state index in [1.54, 1.807) is 0 Å². The minimum Gasteiger partial charge on any atom is -0.370 e. The van der Waals surface area contributed by atoms with E-state index in [1.807, 2.05) is 13.0 Å². The lowest BCUT2D eigenvalue weighted by Gasteiger charge is -2.34. The van der Waals surface area contributed by atoms with Crippen molar-refractivity contribution in [2.24, 2.45) is 5.92 Å². The maximum absolute atomic E-state index is 4.67. The van der Waals surface area contributed by atoms with Crippen molar-refractivity contribution in [2.45, 2.75) is 27.7 Å². The molecule has 1 fully saturated rings. The van der Waals surface area contributed by atoms with Gasteiger partial charge in [-0.2, -0.15) is 4.98 Å². The molecule has 2 heterocycles. The first-order chi connectivity index (χ1) is 9.58. The number of anilines is 2. The molecule has 0 aliphatic carbocycles. The normalized spacial score (nSPS) is 16.8. The van der Waals surface area contributed by atoms with Crippen LogP contribution in [0.1, 0.15) is 26.5 Å². The van der Waals surface area contributed by atoms with Crippen LogP contribution in [0.25, 0.3) is 0 Å². The molecule has 0 amide bonds. The van der Waals surface area contributed by atoms with Gasteiger partial charge in [0.25, 0.3) is 0 Å². The third-order valence-corrected chi connectivity index (χ3v) is 3.64. The summed E-state index contributed by atoms with van der Waals surface area (Å²) in [5, 5.41) is 3.40. The van der Waals surface area contributed by atoms with Gasteiger partial charge in [0, 0.05) is 44.5 Å². The topological polar surface area (TPSA) is 44.3 Å². The zero-order chi connectivity index (χ0) is 14.5. The van der Waals surface area contributed by atoms with Gasteiger partial charge < -0.3 is 15.1 Å². The lowest BCUT2D eigenvalue weighted by atomic mass is 10.2. The molecule has 0 spiro atoms. The summed E-state index contributed by atoms with van der Waals surface area (Å²) in [5.74, 6) is 2.42. The van der Waals surface area contributed by atoms with Gasteiger partial charge in [0.05, 0.1) is 0 Å². The number of likely N-dealkylation sites (N-methyl/N-ethyl adjacent to an activating group) is 1.